The molecule has 0 aromatic heterocycles. The number of aryl methyl sites for hydroxylation is 1. The quantitative estimate of drug-likeness (QED) is 0.869. The first kappa shape index (κ1) is 14.8. The Morgan fingerprint density at radius 3 is 2.39 bits per heavy atom. The van der Waals surface area contributed by atoms with Crippen LogP contribution < -0.4 is 15.2 Å². The van der Waals surface area contributed by atoms with Crippen molar-refractivity contribution in [1.29, 1.82) is 0 Å². The number of halogens is 1. The summed E-state index contributed by atoms with van der Waals surface area (Å²) in [6.45, 7) is 1.95. The topological polar surface area (TPSA) is 81.8 Å². The van der Waals surface area contributed by atoms with E-state index in [-0.39, 0.29) is 0 Å². The summed E-state index contributed by atoms with van der Waals surface area (Å²) >= 11 is 3.36. The zero-order valence-corrected chi connectivity index (χ0v) is 12.1. The average molecular weight is 318 g/mol. The van der Waals surface area contributed by atoms with Gasteiger partial charge in [-0.25, -0.2) is 0 Å². The fourth-order valence-corrected chi connectivity index (χ4v) is 2.55. The third-order valence-electron chi connectivity index (χ3n) is 2.67. The SMILES string of the molecule is CCc1cc(C(N)C(=O)O)c(OC)c(Br)c1OC. The fourth-order valence-electron chi connectivity index (χ4n) is 1.74. The smallest absolute Gasteiger partial charge is 0.325 e. The molecule has 0 fully saturated rings. The summed E-state index contributed by atoms with van der Waals surface area (Å²) in [5.41, 5.74) is 6.95. The molecule has 6 heteroatoms. The van der Waals surface area contributed by atoms with Crippen LogP contribution in [-0.4, -0.2) is 25.3 Å². The number of carboxylic acid groups (broad SMARTS) is 1. The molecule has 1 rings (SSSR count). The zero-order valence-electron chi connectivity index (χ0n) is 10.5. The Morgan fingerprint density at radius 2 is 2.00 bits per heavy atom. The molecule has 0 bridgehead atoms. The van der Waals surface area contributed by atoms with E-state index in [9.17, 15) is 4.79 Å². The van der Waals surface area contributed by atoms with E-state index in [2.05, 4.69) is 15.9 Å². The van der Waals surface area contributed by atoms with Crippen molar-refractivity contribution in [2.24, 2.45) is 5.73 Å². The van der Waals surface area contributed by atoms with Crippen LogP contribution >= 0.6 is 15.9 Å². The highest BCUT2D eigenvalue weighted by Gasteiger charge is 2.24. The van der Waals surface area contributed by atoms with Crippen LogP contribution in [0.4, 0.5) is 0 Å². The van der Waals surface area contributed by atoms with Gasteiger partial charge in [0.1, 0.15) is 22.0 Å². The molecule has 0 heterocycles. The summed E-state index contributed by atoms with van der Waals surface area (Å²) in [6.07, 6.45) is 0.700. The lowest BCUT2D eigenvalue weighted by Gasteiger charge is -2.18. The van der Waals surface area contributed by atoms with Gasteiger partial charge in [-0.15, -0.1) is 0 Å². The van der Waals surface area contributed by atoms with E-state index >= 15 is 0 Å². The van der Waals surface area contributed by atoms with E-state index < -0.39 is 12.0 Å². The van der Waals surface area contributed by atoms with Gasteiger partial charge in [0.25, 0.3) is 0 Å². The molecule has 100 valence electrons. The normalized spacial score (nSPS) is 12.1. The molecule has 0 aliphatic rings. The first-order valence-electron chi connectivity index (χ1n) is 5.39. The van der Waals surface area contributed by atoms with Gasteiger partial charge in [0.2, 0.25) is 0 Å². The zero-order chi connectivity index (χ0) is 13.9. The molecule has 0 saturated carbocycles. The molecule has 1 aromatic rings. The van der Waals surface area contributed by atoms with Crippen molar-refractivity contribution >= 4 is 21.9 Å². The molecule has 0 aliphatic carbocycles. The fraction of sp³-hybridized carbons (Fsp3) is 0.417. The van der Waals surface area contributed by atoms with Gasteiger partial charge in [0.05, 0.1) is 14.2 Å². The van der Waals surface area contributed by atoms with Gasteiger partial charge in [-0.1, -0.05) is 6.92 Å². The Labute approximate surface area is 114 Å². The molecule has 0 saturated heterocycles. The van der Waals surface area contributed by atoms with E-state index in [0.717, 1.165) is 5.56 Å². The second-order valence-corrected chi connectivity index (χ2v) is 4.47. The van der Waals surface area contributed by atoms with Crippen LogP contribution in [-0.2, 0) is 11.2 Å². The summed E-state index contributed by atoms with van der Waals surface area (Å²) in [5.74, 6) is -0.0814. The highest BCUT2D eigenvalue weighted by Crippen LogP contribution is 2.42. The van der Waals surface area contributed by atoms with Crippen LogP contribution in [0.2, 0.25) is 0 Å². The predicted octanol–water partition coefficient (Wildman–Crippen LogP) is 2.11. The van der Waals surface area contributed by atoms with Crippen molar-refractivity contribution in [2.45, 2.75) is 19.4 Å². The number of carbonyl (C=O) groups is 1. The molecule has 0 aliphatic heterocycles. The van der Waals surface area contributed by atoms with Crippen molar-refractivity contribution in [1.82, 2.24) is 0 Å². The molecule has 1 atom stereocenters. The Hall–Kier alpha value is -1.27. The van der Waals surface area contributed by atoms with Crippen molar-refractivity contribution in [2.75, 3.05) is 14.2 Å². The molecule has 3 N–H and O–H groups in total. The van der Waals surface area contributed by atoms with Crippen molar-refractivity contribution < 1.29 is 19.4 Å². The van der Waals surface area contributed by atoms with Crippen LogP contribution in [0.1, 0.15) is 24.1 Å². The van der Waals surface area contributed by atoms with Crippen LogP contribution in [0.5, 0.6) is 11.5 Å². The van der Waals surface area contributed by atoms with Gasteiger partial charge in [-0.2, -0.15) is 0 Å². The van der Waals surface area contributed by atoms with Gasteiger partial charge >= 0.3 is 5.97 Å². The molecule has 0 spiro atoms. The molecule has 0 radical (unpaired) electrons. The van der Waals surface area contributed by atoms with Crippen molar-refractivity contribution in [3.8, 4) is 11.5 Å². The average Bonchev–Trinajstić information content (AvgIpc) is 2.36. The summed E-state index contributed by atoms with van der Waals surface area (Å²) < 4.78 is 11.1. The number of methoxy groups -OCH3 is 2. The second-order valence-electron chi connectivity index (χ2n) is 3.67. The number of rotatable bonds is 5. The predicted molar refractivity (Wildman–Crippen MR) is 71.2 cm³/mol. The highest BCUT2D eigenvalue weighted by atomic mass is 79.9. The monoisotopic (exact) mass is 317 g/mol. The number of ether oxygens (including phenoxy) is 2. The molecular weight excluding hydrogens is 302 g/mol. The van der Waals surface area contributed by atoms with Gasteiger partial charge in [-0.3, -0.25) is 4.79 Å². The molecule has 1 aromatic carbocycles. The van der Waals surface area contributed by atoms with E-state index in [4.69, 9.17) is 20.3 Å². The summed E-state index contributed by atoms with van der Waals surface area (Å²) in [6, 6.07) is 0.578. The number of carboxylic acids is 1. The summed E-state index contributed by atoms with van der Waals surface area (Å²) in [5, 5.41) is 9.01. The third kappa shape index (κ3) is 2.59. The molecule has 18 heavy (non-hydrogen) atoms. The molecule has 5 nitrogen and oxygen atoms in total. The van der Waals surface area contributed by atoms with E-state index in [0.29, 0.717) is 28.0 Å². The largest absolute Gasteiger partial charge is 0.495 e. The van der Waals surface area contributed by atoms with Gasteiger partial charge in [0, 0.05) is 5.56 Å². The Morgan fingerprint density at radius 1 is 1.44 bits per heavy atom. The number of hydrogen-bond donors (Lipinski definition) is 2. The minimum Gasteiger partial charge on any atom is -0.495 e. The summed E-state index contributed by atoms with van der Waals surface area (Å²) in [4.78, 5) is 11.0. The lowest BCUT2D eigenvalue weighted by molar-refractivity contribution is -0.138. The molecular formula is C12H16BrNO4. The van der Waals surface area contributed by atoms with Crippen LogP contribution in [0.25, 0.3) is 0 Å². The minimum absolute atomic E-state index is 0.388. The Bertz CT molecular complexity index is 462. The first-order chi connectivity index (χ1) is 8.47. The van der Waals surface area contributed by atoms with Crippen LogP contribution in [0.3, 0.4) is 0 Å². The maximum Gasteiger partial charge on any atom is 0.325 e. The van der Waals surface area contributed by atoms with E-state index in [1.54, 1.807) is 13.2 Å². The number of benzene rings is 1. The van der Waals surface area contributed by atoms with E-state index in [1.807, 2.05) is 6.92 Å². The number of nitrogens with two attached hydrogens (primary N) is 1. The first-order valence-corrected chi connectivity index (χ1v) is 6.18. The Kier molecular flexibility index (Phi) is 4.98. The third-order valence-corrected chi connectivity index (χ3v) is 3.39. The summed E-state index contributed by atoms with van der Waals surface area (Å²) in [7, 11) is 3.01. The maximum absolute atomic E-state index is 11.0. The lowest BCUT2D eigenvalue weighted by atomic mass is 10.0. The van der Waals surface area contributed by atoms with Crippen LogP contribution in [0, 0.1) is 0 Å². The number of hydrogen-bond acceptors (Lipinski definition) is 4. The number of aliphatic carboxylic acids is 1. The molecule has 0 amide bonds. The maximum atomic E-state index is 11.0. The van der Waals surface area contributed by atoms with Gasteiger partial charge in [0.15, 0.2) is 0 Å². The highest BCUT2D eigenvalue weighted by molar-refractivity contribution is 9.10. The van der Waals surface area contributed by atoms with Crippen LogP contribution in [0.15, 0.2) is 10.5 Å². The lowest BCUT2D eigenvalue weighted by Crippen LogP contribution is -2.22. The minimum atomic E-state index is -1.13. The second kappa shape index (κ2) is 6.06. The van der Waals surface area contributed by atoms with Gasteiger partial charge in [-0.05, 0) is 34.0 Å². The Balaban J connectivity index is 3.51. The molecule has 1 unspecified atom stereocenters. The standard InChI is InChI=1S/C12H16BrNO4/c1-4-6-5-7(9(14)12(15)16)11(18-3)8(13)10(6)17-2/h5,9H,4,14H2,1-3H3,(H,15,16). The van der Waals surface area contributed by atoms with Crippen molar-refractivity contribution in [3.63, 3.8) is 0 Å². The van der Waals surface area contributed by atoms with Gasteiger partial charge < -0.3 is 20.3 Å². The van der Waals surface area contributed by atoms with E-state index in [1.165, 1.54) is 7.11 Å². The van der Waals surface area contributed by atoms with Crippen molar-refractivity contribution in [3.05, 3.63) is 21.7 Å².